The topological polar surface area (TPSA) is 78.0 Å². The Morgan fingerprint density at radius 2 is 1.85 bits per heavy atom. The van der Waals surface area contributed by atoms with E-state index in [0.29, 0.717) is 12.5 Å². The summed E-state index contributed by atoms with van der Waals surface area (Å²) < 4.78 is 5.48. The smallest absolute Gasteiger partial charge is 0.239 e. The first kappa shape index (κ1) is 25.4. The molecule has 1 aromatic rings. The van der Waals surface area contributed by atoms with Crippen molar-refractivity contribution in [1.82, 2.24) is 20.9 Å². The van der Waals surface area contributed by atoms with E-state index in [2.05, 4.69) is 31.9 Å². The summed E-state index contributed by atoms with van der Waals surface area (Å²) in [6.45, 7) is 6.64. The second-order valence-corrected chi connectivity index (χ2v) is 7.33. The molecular weight excluding hydrogens is 457 g/mol. The van der Waals surface area contributed by atoms with Crippen molar-refractivity contribution in [1.29, 1.82) is 0 Å². The largest absolute Gasteiger partial charge is 0.496 e. The second-order valence-electron chi connectivity index (χ2n) is 7.33. The van der Waals surface area contributed by atoms with Crippen molar-refractivity contribution in [3.05, 3.63) is 29.8 Å². The van der Waals surface area contributed by atoms with Gasteiger partial charge < -0.3 is 25.6 Å². The van der Waals surface area contributed by atoms with E-state index < -0.39 is 0 Å². The molecule has 7 nitrogen and oxygen atoms in total. The van der Waals surface area contributed by atoms with Crippen LogP contribution in [0.2, 0.25) is 0 Å². The van der Waals surface area contributed by atoms with Gasteiger partial charge in [0.05, 0.1) is 19.7 Å². The van der Waals surface area contributed by atoms with E-state index in [4.69, 9.17) is 4.74 Å². The van der Waals surface area contributed by atoms with E-state index in [9.17, 15) is 4.79 Å². The van der Waals surface area contributed by atoms with Crippen molar-refractivity contribution < 1.29 is 9.53 Å². The quantitative estimate of drug-likeness (QED) is 0.309. The van der Waals surface area contributed by atoms with Gasteiger partial charge in [0.1, 0.15) is 5.75 Å². The number of halogens is 1. The minimum atomic E-state index is -0.254. The van der Waals surface area contributed by atoms with Crippen molar-refractivity contribution in [2.75, 3.05) is 41.3 Å². The molecule has 0 heterocycles. The molecule has 1 aromatic carbocycles. The van der Waals surface area contributed by atoms with Crippen LogP contribution in [0.25, 0.3) is 0 Å². The monoisotopic (exact) mass is 491 g/mol. The molecule has 3 N–H and O–H groups in total. The predicted octanol–water partition coefficient (Wildman–Crippen LogP) is 2.00. The van der Waals surface area contributed by atoms with Crippen LogP contribution in [-0.4, -0.2) is 63.6 Å². The number of hydrogen-bond donors (Lipinski definition) is 3. The van der Waals surface area contributed by atoms with Crippen LogP contribution in [0.4, 0.5) is 0 Å². The third-order valence-electron chi connectivity index (χ3n) is 3.74. The minimum absolute atomic E-state index is 0. The summed E-state index contributed by atoms with van der Waals surface area (Å²) in [5, 5.41) is 9.24. The van der Waals surface area contributed by atoms with Gasteiger partial charge in [-0.1, -0.05) is 18.2 Å². The van der Waals surface area contributed by atoms with Crippen LogP contribution in [0.15, 0.2) is 29.3 Å². The number of carbonyl (C=O) groups excluding carboxylic acids is 1. The van der Waals surface area contributed by atoms with E-state index in [0.717, 1.165) is 11.3 Å². The first-order valence-corrected chi connectivity index (χ1v) is 8.72. The third-order valence-corrected chi connectivity index (χ3v) is 3.74. The zero-order chi connectivity index (χ0) is 19.7. The molecule has 27 heavy (non-hydrogen) atoms. The molecular formula is C19H34IN5O2. The molecule has 0 radical (unpaired) electrons. The Bertz CT molecular complexity index is 614. The fourth-order valence-corrected chi connectivity index (χ4v) is 2.55. The van der Waals surface area contributed by atoms with Crippen LogP contribution in [0.3, 0.4) is 0 Å². The lowest BCUT2D eigenvalue weighted by molar-refractivity contribution is -0.121. The van der Waals surface area contributed by atoms with Gasteiger partial charge in [-0.2, -0.15) is 0 Å². The number of amides is 1. The number of para-hydroxylation sites is 1. The van der Waals surface area contributed by atoms with E-state index in [-0.39, 0.29) is 48.0 Å². The van der Waals surface area contributed by atoms with E-state index in [1.165, 1.54) is 0 Å². The van der Waals surface area contributed by atoms with Gasteiger partial charge in [0.25, 0.3) is 0 Å². The van der Waals surface area contributed by atoms with Crippen LogP contribution in [0.5, 0.6) is 5.75 Å². The van der Waals surface area contributed by atoms with Gasteiger partial charge >= 0.3 is 0 Å². The zero-order valence-corrected chi connectivity index (χ0v) is 19.8. The number of likely N-dealkylation sites (N-methyl/N-ethyl adjacent to an activating group) is 1. The Labute approximate surface area is 180 Å². The van der Waals surface area contributed by atoms with E-state index >= 15 is 0 Å². The van der Waals surface area contributed by atoms with Gasteiger partial charge in [-0.15, -0.1) is 24.0 Å². The van der Waals surface area contributed by atoms with Crippen LogP contribution in [0, 0.1) is 0 Å². The number of nitrogens with zero attached hydrogens (tertiary/aromatic N) is 2. The molecule has 1 rings (SSSR count). The molecule has 0 fully saturated rings. The number of guanidine groups is 1. The number of aliphatic imine (C=N–C) groups is 1. The highest BCUT2D eigenvalue weighted by Gasteiger charge is 2.19. The standard InChI is InChI=1S/C19H33N5O2.HI/c1-19(2,3)23-17(25)13-22-18(20-4)21-12-15(24(5)6)14-10-8-9-11-16(14)26-7;/h8-11,15H,12-13H2,1-7H3,(H,23,25)(H2,20,21,22);1H. The summed E-state index contributed by atoms with van der Waals surface area (Å²) in [5.41, 5.74) is 0.837. The lowest BCUT2D eigenvalue weighted by Gasteiger charge is -2.27. The number of nitrogens with one attached hydrogen (secondary N) is 3. The average molecular weight is 491 g/mol. The highest BCUT2D eigenvalue weighted by atomic mass is 127. The highest BCUT2D eigenvalue weighted by Crippen LogP contribution is 2.27. The molecule has 8 heteroatoms. The fourth-order valence-electron chi connectivity index (χ4n) is 2.55. The number of carbonyl (C=O) groups is 1. The van der Waals surface area contributed by atoms with Crippen molar-refractivity contribution in [2.24, 2.45) is 4.99 Å². The summed E-state index contributed by atoms with van der Waals surface area (Å²) in [7, 11) is 7.40. The van der Waals surface area contributed by atoms with E-state index in [1.807, 2.05) is 53.1 Å². The number of rotatable bonds is 7. The summed E-state index contributed by atoms with van der Waals surface area (Å²) in [5.74, 6) is 1.35. The number of benzene rings is 1. The first-order valence-electron chi connectivity index (χ1n) is 8.72. The Balaban J connectivity index is 0.00000676. The molecule has 1 unspecified atom stereocenters. The molecule has 0 saturated carbocycles. The summed E-state index contributed by atoms with van der Waals surface area (Å²) in [4.78, 5) is 18.3. The molecule has 0 aliphatic rings. The molecule has 0 saturated heterocycles. The maximum atomic E-state index is 11.9. The van der Waals surface area contributed by atoms with Gasteiger partial charge in [0, 0.05) is 24.7 Å². The Morgan fingerprint density at radius 1 is 1.22 bits per heavy atom. The van der Waals surface area contributed by atoms with Crippen LogP contribution in [0.1, 0.15) is 32.4 Å². The summed E-state index contributed by atoms with van der Waals surface area (Å²) in [6, 6.07) is 8.05. The number of hydrogen-bond acceptors (Lipinski definition) is 4. The van der Waals surface area contributed by atoms with Gasteiger partial charge in [0.15, 0.2) is 5.96 Å². The van der Waals surface area contributed by atoms with Crippen molar-refractivity contribution in [3.63, 3.8) is 0 Å². The summed E-state index contributed by atoms with van der Waals surface area (Å²) in [6.07, 6.45) is 0. The molecule has 1 amide bonds. The summed E-state index contributed by atoms with van der Waals surface area (Å²) >= 11 is 0. The normalized spacial score (nSPS) is 12.8. The zero-order valence-electron chi connectivity index (χ0n) is 17.4. The van der Waals surface area contributed by atoms with Gasteiger partial charge in [0.2, 0.25) is 5.91 Å². The Kier molecular flexibility index (Phi) is 11.3. The molecule has 0 aliphatic carbocycles. The van der Waals surface area contributed by atoms with Crippen molar-refractivity contribution in [2.45, 2.75) is 32.4 Å². The van der Waals surface area contributed by atoms with Crippen LogP contribution < -0.4 is 20.7 Å². The fraction of sp³-hybridized carbons (Fsp3) is 0.579. The van der Waals surface area contributed by atoms with Crippen LogP contribution >= 0.6 is 24.0 Å². The molecule has 1 atom stereocenters. The molecule has 0 aliphatic heterocycles. The van der Waals surface area contributed by atoms with Gasteiger partial charge in [-0.25, -0.2) is 0 Å². The van der Waals surface area contributed by atoms with Crippen LogP contribution in [-0.2, 0) is 4.79 Å². The lowest BCUT2D eigenvalue weighted by atomic mass is 10.0. The predicted molar refractivity (Wildman–Crippen MR) is 122 cm³/mol. The van der Waals surface area contributed by atoms with Crippen molar-refractivity contribution in [3.8, 4) is 5.75 Å². The number of ether oxygens (including phenoxy) is 1. The highest BCUT2D eigenvalue weighted by molar-refractivity contribution is 14.0. The Hall–Kier alpha value is -1.55. The molecule has 154 valence electrons. The molecule has 0 bridgehead atoms. The Morgan fingerprint density at radius 3 is 2.37 bits per heavy atom. The molecule has 0 aromatic heterocycles. The lowest BCUT2D eigenvalue weighted by Crippen LogP contribution is -2.49. The third kappa shape index (κ3) is 9.28. The minimum Gasteiger partial charge on any atom is -0.496 e. The SMILES string of the molecule is CN=C(NCC(=O)NC(C)(C)C)NCC(c1ccccc1OC)N(C)C.I. The van der Waals surface area contributed by atoms with Gasteiger partial charge in [-0.05, 0) is 40.9 Å². The second kappa shape index (κ2) is 12.0. The average Bonchev–Trinajstić information content (AvgIpc) is 2.56. The van der Waals surface area contributed by atoms with Crippen molar-refractivity contribution >= 4 is 35.8 Å². The van der Waals surface area contributed by atoms with Gasteiger partial charge in [-0.3, -0.25) is 9.79 Å². The molecule has 0 spiro atoms. The first-order chi connectivity index (χ1) is 12.2. The maximum Gasteiger partial charge on any atom is 0.239 e. The number of methoxy groups -OCH3 is 1. The maximum absolute atomic E-state index is 11.9. The van der Waals surface area contributed by atoms with E-state index in [1.54, 1.807) is 14.2 Å².